The zero-order chi connectivity index (χ0) is 19.4. The van der Waals surface area contributed by atoms with Crippen LogP contribution in [0.25, 0.3) is 0 Å². The summed E-state index contributed by atoms with van der Waals surface area (Å²) in [6.07, 6.45) is 0.415. The summed E-state index contributed by atoms with van der Waals surface area (Å²) in [5.74, 6) is -0.0174. The maximum atomic E-state index is 12.7. The molecule has 1 aliphatic rings. The number of benzene rings is 2. The van der Waals surface area contributed by atoms with Crippen molar-refractivity contribution in [2.75, 3.05) is 26.2 Å². The van der Waals surface area contributed by atoms with E-state index in [4.69, 9.17) is 28.9 Å². The number of hydrogen-bond acceptors (Lipinski definition) is 3. The van der Waals surface area contributed by atoms with Gasteiger partial charge in [-0.3, -0.25) is 9.69 Å². The molecule has 2 aromatic rings. The predicted octanol–water partition coefficient (Wildman–Crippen LogP) is 3.52. The van der Waals surface area contributed by atoms with Crippen LogP contribution in [-0.2, 0) is 17.8 Å². The van der Waals surface area contributed by atoms with Crippen LogP contribution in [0.2, 0.25) is 10.0 Å². The van der Waals surface area contributed by atoms with E-state index in [9.17, 15) is 4.79 Å². The van der Waals surface area contributed by atoms with Gasteiger partial charge in [-0.25, -0.2) is 0 Å². The number of halogens is 2. The fraction of sp³-hybridized carbons (Fsp3) is 0.381. The first-order valence-corrected chi connectivity index (χ1v) is 9.94. The van der Waals surface area contributed by atoms with Gasteiger partial charge in [0.2, 0.25) is 5.91 Å². The Morgan fingerprint density at radius 3 is 2.52 bits per heavy atom. The molecule has 4 nitrogen and oxygen atoms in total. The first-order valence-electron chi connectivity index (χ1n) is 9.18. The molecule has 1 amide bonds. The molecule has 6 heteroatoms. The molecule has 27 heavy (non-hydrogen) atoms. The Balaban J connectivity index is 1.51. The monoisotopic (exact) mass is 405 g/mol. The van der Waals surface area contributed by atoms with Crippen LogP contribution in [0, 0.1) is 6.92 Å². The number of nitrogens with two attached hydrogens (primary N) is 1. The molecule has 3 rings (SSSR count). The van der Waals surface area contributed by atoms with Gasteiger partial charge in [0.25, 0.3) is 0 Å². The van der Waals surface area contributed by atoms with Gasteiger partial charge in [0.05, 0.1) is 6.04 Å². The van der Waals surface area contributed by atoms with Crippen molar-refractivity contribution in [2.24, 2.45) is 5.73 Å². The Kier molecular flexibility index (Phi) is 6.77. The molecule has 1 unspecified atom stereocenters. The van der Waals surface area contributed by atoms with Crippen molar-refractivity contribution < 1.29 is 4.79 Å². The standard InChI is InChI=1S/C21H25Cl2N3O/c1-15-3-2-4-16(11-15)14-25-7-9-26(10-8-25)21(27)20(24)12-17-5-6-18(22)13-19(17)23/h2-6,11,13,20H,7-10,12,14,24H2,1H3. The molecule has 0 radical (unpaired) electrons. The first-order chi connectivity index (χ1) is 12.9. The Morgan fingerprint density at radius 2 is 1.85 bits per heavy atom. The summed E-state index contributed by atoms with van der Waals surface area (Å²) in [4.78, 5) is 16.9. The summed E-state index contributed by atoms with van der Waals surface area (Å²) in [5, 5.41) is 1.13. The molecule has 1 heterocycles. The number of amides is 1. The molecule has 0 spiro atoms. The van der Waals surface area contributed by atoms with Crippen molar-refractivity contribution in [3.63, 3.8) is 0 Å². The molecule has 0 saturated carbocycles. The quantitative estimate of drug-likeness (QED) is 0.827. The molecule has 144 valence electrons. The second-order valence-electron chi connectivity index (χ2n) is 7.14. The van der Waals surface area contributed by atoms with Gasteiger partial charge in [-0.15, -0.1) is 0 Å². The number of aryl methyl sites for hydroxylation is 1. The number of carbonyl (C=O) groups excluding carboxylic acids is 1. The molecule has 0 aliphatic carbocycles. The lowest BCUT2D eigenvalue weighted by Crippen LogP contribution is -2.53. The van der Waals surface area contributed by atoms with E-state index in [1.807, 2.05) is 11.0 Å². The van der Waals surface area contributed by atoms with Crippen LogP contribution < -0.4 is 5.73 Å². The summed E-state index contributed by atoms with van der Waals surface area (Å²) in [5.41, 5.74) is 9.59. The van der Waals surface area contributed by atoms with E-state index < -0.39 is 6.04 Å². The van der Waals surface area contributed by atoms with E-state index >= 15 is 0 Å². The van der Waals surface area contributed by atoms with Crippen molar-refractivity contribution >= 4 is 29.1 Å². The minimum atomic E-state index is -0.591. The van der Waals surface area contributed by atoms with Crippen LogP contribution in [0.4, 0.5) is 0 Å². The van der Waals surface area contributed by atoms with Crippen molar-refractivity contribution in [1.82, 2.24) is 9.80 Å². The predicted molar refractivity (Wildman–Crippen MR) is 111 cm³/mol. The third-order valence-corrected chi connectivity index (χ3v) is 5.53. The van der Waals surface area contributed by atoms with Crippen LogP contribution in [0.1, 0.15) is 16.7 Å². The smallest absolute Gasteiger partial charge is 0.239 e. The highest BCUT2D eigenvalue weighted by Gasteiger charge is 2.25. The Morgan fingerprint density at radius 1 is 1.11 bits per heavy atom. The second-order valence-corrected chi connectivity index (χ2v) is 7.98. The molecular formula is C21H25Cl2N3O. The topological polar surface area (TPSA) is 49.6 Å². The number of rotatable bonds is 5. The van der Waals surface area contributed by atoms with E-state index in [0.717, 1.165) is 25.2 Å². The molecule has 2 aromatic carbocycles. The van der Waals surface area contributed by atoms with Crippen LogP contribution in [-0.4, -0.2) is 47.9 Å². The summed E-state index contributed by atoms with van der Waals surface area (Å²) in [6, 6.07) is 13.2. The highest BCUT2D eigenvalue weighted by atomic mass is 35.5. The minimum absolute atomic E-state index is 0.0174. The lowest BCUT2D eigenvalue weighted by Gasteiger charge is -2.36. The average Bonchev–Trinajstić information content (AvgIpc) is 2.64. The summed E-state index contributed by atoms with van der Waals surface area (Å²) in [6.45, 7) is 6.13. The first kappa shape index (κ1) is 20.2. The molecule has 2 N–H and O–H groups in total. The average molecular weight is 406 g/mol. The normalized spacial score (nSPS) is 16.4. The van der Waals surface area contributed by atoms with Crippen LogP contribution in [0.3, 0.4) is 0 Å². The van der Waals surface area contributed by atoms with Gasteiger partial charge in [-0.05, 0) is 36.6 Å². The molecule has 1 atom stereocenters. The third kappa shape index (κ3) is 5.45. The number of nitrogens with zero attached hydrogens (tertiary/aromatic N) is 2. The highest BCUT2D eigenvalue weighted by molar-refractivity contribution is 6.35. The van der Waals surface area contributed by atoms with E-state index in [2.05, 4.69) is 36.1 Å². The maximum Gasteiger partial charge on any atom is 0.239 e. The van der Waals surface area contributed by atoms with Gasteiger partial charge in [-0.1, -0.05) is 59.1 Å². The van der Waals surface area contributed by atoms with Crippen LogP contribution >= 0.6 is 23.2 Å². The molecule has 1 fully saturated rings. The number of hydrogen-bond donors (Lipinski definition) is 1. The van der Waals surface area contributed by atoms with Gasteiger partial charge in [0.1, 0.15) is 0 Å². The van der Waals surface area contributed by atoms with E-state index in [1.54, 1.807) is 12.1 Å². The summed E-state index contributed by atoms with van der Waals surface area (Å²) < 4.78 is 0. The van der Waals surface area contributed by atoms with Crippen molar-refractivity contribution in [3.8, 4) is 0 Å². The van der Waals surface area contributed by atoms with Gasteiger partial charge in [0.15, 0.2) is 0 Å². The Labute approximate surface area is 170 Å². The summed E-state index contributed by atoms with van der Waals surface area (Å²) >= 11 is 12.1. The van der Waals surface area contributed by atoms with Gasteiger partial charge < -0.3 is 10.6 Å². The third-order valence-electron chi connectivity index (χ3n) is 4.94. The largest absolute Gasteiger partial charge is 0.339 e. The number of carbonyl (C=O) groups is 1. The molecule has 1 saturated heterocycles. The van der Waals surface area contributed by atoms with E-state index in [0.29, 0.717) is 29.6 Å². The second kappa shape index (κ2) is 9.07. The molecule has 0 aromatic heterocycles. The maximum absolute atomic E-state index is 12.7. The Bertz CT molecular complexity index is 804. The zero-order valence-electron chi connectivity index (χ0n) is 15.5. The van der Waals surface area contributed by atoms with Crippen LogP contribution in [0.15, 0.2) is 42.5 Å². The molecular weight excluding hydrogens is 381 g/mol. The van der Waals surface area contributed by atoms with Gasteiger partial charge in [-0.2, -0.15) is 0 Å². The molecule has 1 aliphatic heterocycles. The highest BCUT2D eigenvalue weighted by Crippen LogP contribution is 2.22. The van der Waals surface area contributed by atoms with Crippen molar-refractivity contribution in [1.29, 1.82) is 0 Å². The van der Waals surface area contributed by atoms with E-state index in [-0.39, 0.29) is 5.91 Å². The van der Waals surface area contributed by atoms with Crippen molar-refractivity contribution in [2.45, 2.75) is 25.9 Å². The van der Waals surface area contributed by atoms with E-state index in [1.165, 1.54) is 11.1 Å². The molecule has 0 bridgehead atoms. The number of piperazine rings is 1. The van der Waals surface area contributed by atoms with Gasteiger partial charge in [0, 0.05) is 42.8 Å². The Hall–Kier alpha value is -1.59. The lowest BCUT2D eigenvalue weighted by molar-refractivity contribution is -0.134. The van der Waals surface area contributed by atoms with Crippen molar-refractivity contribution in [3.05, 3.63) is 69.2 Å². The fourth-order valence-corrected chi connectivity index (χ4v) is 3.93. The van der Waals surface area contributed by atoms with Crippen LogP contribution in [0.5, 0.6) is 0 Å². The minimum Gasteiger partial charge on any atom is -0.339 e. The fourth-order valence-electron chi connectivity index (χ4n) is 3.44. The SMILES string of the molecule is Cc1cccc(CN2CCN(C(=O)C(N)Cc3ccc(Cl)cc3Cl)CC2)c1. The zero-order valence-corrected chi connectivity index (χ0v) is 17.0. The lowest BCUT2D eigenvalue weighted by atomic mass is 10.0. The summed E-state index contributed by atoms with van der Waals surface area (Å²) in [7, 11) is 0. The van der Waals surface area contributed by atoms with Gasteiger partial charge >= 0.3 is 0 Å².